The maximum absolute atomic E-state index is 13.2. The van der Waals surface area contributed by atoms with Gasteiger partial charge in [0.15, 0.2) is 0 Å². The first-order chi connectivity index (χ1) is 13.8. The molecule has 0 radical (unpaired) electrons. The summed E-state index contributed by atoms with van der Waals surface area (Å²) in [7, 11) is 0. The molecule has 2 aliphatic rings. The van der Waals surface area contributed by atoms with Crippen LogP contribution in [0.15, 0.2) is 60.7 Å². The SMILES string of the molecule is O=C1c2cccc3c(N4CCCCCC4)ccc(c23)C(=O)N1c1ccccc1. The molecule has 0 aromatic heterocycles. The molecule has 0 N–H and O–H groups in total. The average Bonchev–Trinajstić information content (AvgIpc) is 3.02. The lowest BCUT2D eigenvalue weighted by molar-refractivity contribution is 0.0893. The monoisotopic (exact) mass is 370 g/mol. The number of carbonyl (C=O) groups excluding carboxylic acids is 2. The summed E-state index contributed by atoms with van der Waals surface area (Å²) < 4.78 is 0. The molecule has 0 atom stereocenters. The van der Waals surface area contributed by atoms with E-state index in [9.17, 15) is 9.59 Å². The van der Waals surface area contributed by atoms with Crippen molar-refractivity contribution in [3.63, 3.8) is 0 Å². The normalized spacial score (nSPS) is 17.1. The van der Waals surface area contributed by atoms with E-state index in [4.69, 9.17) is 0 Å². The minimum atomic E-state index is -0.248. The van der Waals surface area contributed by atoms with Gasteiger partial charge in [0.05, 0.1) is 5.69 Å². The zero-order valence-corrected chi connectivity index (χ0v) is 15.7. The number of rotatable bonds is 2. The highest BCUT2D eigenvalue weighted by Crippen LogP contribution is 2.37. The molecule has 0 spiro atoms. The van der Waals surface area contributed by atoms with Crippen LogP contribution >= 0.6 is 0 Å². The third-order valence-corrected chi connectivity index (χ3v) is 5.85. The lowest BCUT2D eigenvalue weighted by Crippen LogP contribution is -2.40. The van der Waals surface area contributed by atoms with E-state index in [-0.39, 0.29) is 11.8 Å². The maximum atomic E-state index is 13.2. The van der Waals surface area contributed by atoms with Crippen LogP contribution < -0.4 is 9.80 Å². The highest BCUT2D eigenvalue weighted by atomic mass is 16.2. The molecular weight excluding hydrogens is 348 g/mol. The molecule has 3 aromatic rings. The molecule has 0 saturated carbocycles. The molecule has 0 aliphatic carbocycles. The van der Waals surface area contributed by atoms with Crippen molar-refractivity contribution >= 4 is 34.0 Å². The molecule has 3 aromatic carbocycles. The standard InChI is InChI=1S/C24H22N2O2/c27-23-19-12-8-11-18-21(25-15-6-1-2-7-16-25)14-13-20(22(18)19)24(28)26(23)17-9-4-3-5-10-17/h3-5,8-14H,1-2,6-7,15-16H2. The van der Waals surface area contributed by atoms with Crippen molar-refractivity contribution in [1.29, 1.82) is 0 Å². The van der Waals surface area contributed by atoms with Crippen LogP contribution in [0.3, 0.4) is 0 Å². The van der Waals surface area contributed by atoms with Crippen molar-refractivity contribution in [3.05, 3.63) is 71.8 Å². The predicted molar refractivity (Wildman–Crippen MR) is 112 cm³/mol. The van der Waals surface area contributed by atoms with Gasteiger partial charge < -0.3 is 4.90 Å². The third-order valence-electron chi connectivity index (χ3n) is 5.85. The van der Waals surface area contributed by atoms with Gasteiger partial charge in [-0.05, 0) is 43.2 Å². The summed E-state index contributed by atoms with van der Waals surface area (Å²) in [6.07, 6.45) is 4.90. The van der Waals surface area contributed by atoms with E-state index in [2.05, 4.69) is 11.0 Å². The van der Waals surface area contributed by atoms with E-state index < -0.39 is 0 Å². The first kappa shape index (κ1) is 17.0. The largest absolute Gasteiger partial charge is 0.371 e. The Bertz CT molecular complexity index is 1040. The highest BCUT2D eigenvalue weighted by molar-refractivity contribution is 6.36. The summed E-state index contributed by atoms with van der Waals surface area (Å²) in [5.74, 6) is -0.496. The Morgan fingerprint density at radius 2 is 1.32 bits per heavy atom. The Morgan fingerprint density at radius 3 is 2.04 bits per heavy atom. The molecule has 140 valence electrons. The molecule has 4 nitrogen and oxygen atoms in total. The Morgan fingerprint density at radius 1 is 0.643 bits per heavy atom. The van der Waals surface area contributed by atoms with Gasteiger partial charge in [0.1, 0.15) is 0 Å². The lowest BCUT2D eigenvalue weighted by Gasteiger charge is -2.30. The fourth-order valence-electron chi connectivity index (χ4n) is 4.48. The minimum absolute atomic E-state index is 0.248. The zero-order chi connectivity index (χ0) is 19.1. The van der Waals surface area contributed by atoms with Gasteiger partial charge in [-0.25, -0.2) is 4.90 Å². The van der Waals surface area contributed by atoms with Crippen LogP contribution in [0.4, 0.5) is 11.4 Å². The molecule has 1 fully saturated rings. The Kier molecular flexibility index (Phi) is 4.12. The van der Waals surface area contributed by atoms with Crippen LogP contribution in [0, 0.1) is 0 Å². The summed E-state index contributed by atoms with van der Waals surface area (Å²) in [5.41, 5.74) is 2.95. The van der Waals surface area contributed by atoms with Gasteiger partial charge in [0, 0.05) is 40.7 Å². The number of imide groups is 1. The van der Waals surface area contributed by atoms with Crippen molar-refractivity contribution in [2.24, 2.45) is 0 Å². The summed E-state index contributed by atoms with van der Waals surface area (Å²) in [4.78, 5) is 30.2. The van der Waals surface area contributed by atoms with Crippen LogP contribution in [0.1, 0.15) is 46.4 Å². The summed E-state index contributed by atoms with van der Waals surface area (Å²) in [6.45, 7) is 2.05. The highest BCUT2D eigenvalue weighted by Gasteiger charge is 2.34. The lowest BCUT2D eigenvalue weighted by atomic mass is 9.92. The van der Waals surface area contributed by atoms with Gasteiger partial charge in [-0.1, -0.05) is 43.2 Å². The number of benzene rings is 3. The van der Waals surface area contributed by atoms with Crippen molar-refractivity contribution in [3.8, 4) is 0 Å². The molecule has 5 rings (SSSR count). The van der Waals surface area contributed by atoms with Crippen LogP contribution in [0.5, 0.6) is 0 Å². The Hall–Kier alpha value is -3.14. The second-order valence-corrected chi connectivity index (χ2v) is 7.54. The topological polar surface area (TPSA) is 40.6 Å². The van der Waals surface area contributed by atoms with Crippen molar-refractivity contribution in [1.82, 2.24) is 0 Å². The molecular formula is C24H22N2O2. The minimum Gasteiger partial charge on any atom is -0.371 e. The van der Waals surface area contributed by atoms with Crippen molar-refractivity contribution in [2.45, 2.75) is 25.7 Å². The van der Waals surface area contributed by atoms with Gasteiger partial charge >= 0.3 is 0 Å². The molecule has 2 amide bonds. The van der Waals surface area contributed by atoms with Gasteiger partial charge in [-0.3, -0.25) is 9.59 Å². The molecule has 0 bridgehead atoms. The maximum Gasteiger partial charge on any atom is 0.265 e. The molecule has 0 unspecified atom stereocenters. The van der Waals surface area contributed by atoms with Crippen molar-refractivity contribution in [2.75, 3.05) is 22.9 Å². The van der Waals surface area contributed by atoms with Crippen LogP contribution in [0.25, 0.3) is 10.8 Å². The van der Waals surface area contributed by atoms with Crippen LogP contribution in [-0.4, -0.2) is 24.9 Å². The average molecular weight is 370 g/mol. The van der Waals surface area contributed by atoms with Gasteiger partial charge in [0.2, 0.25) is 0 Å². The van der Waals surface area contributed by atoms with Crippen molar-refractivity contribution < 1.29 is 9.59 Å². The second-order valence-electron chi connectivity index (χ2n) is 7.54. The number of carbonyl (C=O) groups is 2. The number of hydrogen-bond acceptors (Lipinski definition) is 3. The van der Waals surface area contributed by atoms with E-state index >= 15 is 0 Å². The first-order valence-electron chi connectivity index (χ1n) is 10.0. The number of nitrogens with zero attached hydrogens (tertiary/aromatic N) is 2. The van der Waals surface area contributed by atoms with E-state index in [1.54, 1.807) is 12.1 Å². The zero-order valence-electron chi connectivity index (χ0n) is 15.7. The Balaban J connectivity index is 1.68. The number of para-hydroxylation sites is 1. The third kappa shape index (κ3) is 2.60. The molecule has 2 aliphatic heterocycles. The van der Waals surface area contributed by atoms with Crippen LogP contribution in [-0.2, 0) is 0 Å². The summed E-state index contributed by atoms with van der Waals surface area (Å²) in [6, 6.07) is 18.9. The predicted octanol–water partition coefficient (Wildman–Crippen LogP) is 5.02. The van der Waals surface area contributed by atoms with Gasteiger partial charge in [-0.2, -0.15) is 0 Å². The van der Waals surface area contributed by atoms with E-state index in [0.29, 0.717) is 16.8 Å². The summed E-state index contributed by atoms with van der Waals surface area (Å²) >= 11 is 0. The van der Waals surface area contributed by atoms with Gasteiger partial charge in [0.25, 0.3) is 11.8 Å². The second kappa shape index (κ2) is 6.79. The Labute approximate surface area is 164 Å². The molecule has 28 heavy (non-hydrogen) atoms. The van der Waals surface area contributed by atoms with E-state index in [1.165, 1.54) is 30.6 Å². The smallest absolute Gasteiger partial charge is 0.265 e. The van der Waals surface area contributed by atoms with E-state index in [0.717, 1.165) is 29.5 Å². The molecule has 4 heteroatoms. The number of hydrogen-bond donors (Lipinski definition) is 0. The first-order valence-corrected chi connectivity index (χ1v) is 10.0. The summed E-state index contributed by atoms with van der Waals surface area (Å²) in [5, 5.41) is 1.80. The fraction of sp³-hybridized carbons (Fsp3) is 0.250. The van der Waals surface area contributed by atoms with Crippen LogP contribution in [0.2, 0.25) is 0 Å². The quantitative estimate of drug-likeness (QED) is 0.595. The number of amides is 2. The van der Waals surface area contributed by atoms with Gasteiger partial charge in [-0.15, -0.1) is 0 Å². The van der Waals surface area contributed by atoms with E-state index in [1.807, 2.05) is 42.5 Å². The fourth-order valence-corrected chi connectivity index (χ4v) is 4.48. The number of anilines is 2. The molecule has 2 heterocycles. The molecule has 1 saturated heterocycles.